The molecule has 8 heteroatoms. The monoisotopic (exact) mass is 314 g/mol. The van der Waals surface area contributed by atoms with Gasteiger partial charge in [-0.05, 0) is 18.1 Å². The first-order chi connectivity index (χ1) is 9.73. The third kappa shape index (κ3) is 4.42. The lowest BCUT2D eigenvalue weighted by molar-refractivity contribution is -0.385. The van der Waals surface area contributed by atoms with Gasteiger partial charge < -0.3 is 10.4 Å². The van der Waals surface area contributed by atoms with Gasteiger partial charge in [-0.1, -0.05) is 25.4 Å². The average molecular weight is 315 g/mol. The number of halogens is 1. The Morgan fingerprint density at radius 2 is 2.05 bits per heavy atom. The second-order valence-corrected chi connectivity index (χ2v) is 5.25. The molecule has 1 rings (SSSR count). The van der Waals surface area contributed by atoms with E-state index in [1.165, 1.54) is 12.1 Å². The van der Waals surface area contributed by atoms with E-state index >= 15 is 0 Å². The normalized spacial score (nSPS) is 12.0. The summed E-state index contributed by atoms with van der Waals surface area (Å²) < 4.78 is 0. The van der Waals surface area contributed by atoms with E-state index in [0.29, 0.717) is 0 Å². The van der Waals surface area contributed by atoms with Crippen molar-refractivity contribution >= 4 is 29.2 Å². The van der Waals surface area contributed by atoms with Gasteiger partial charge in [0.05, 0.1) is 10.8 Å². The Morgan fingerprint density at radius 3 is 2.52 bits per heavy atom. The maximum atomic E-state index is 12.0. The highest BCUT2D eigenvalue weighted by Crippen LogP contribution is 2.23. The highest BCUT2D eigenvalue weighted by atomic mass is 35.5. The maximum Gasteiger partial charge on any atom is 0.308 e. The Bertz CT molecular complexity index is 574. The molecule has 1 aromatic rings. The van der Waals surface area contributed by atoms with E-state index in [1.54, 1.807) is 13.8 Å². The van der Waals surface area contributed by atoms with Crippen LogP contribution in [0.4, 0.5) is 5.69 Å². The topological polar surface area (TPSA) is 110 Å². The third-order valence-electron chi connectivity index (χ3n) is 3.01. The number of carbonyl (C=O) groups is 2. The smallest absolute Gasteiger partial charge is 0.308 e. The van der Waals surface area contributed by atoms with Crippen molar-refractivity contribution in [3.05, 3.63) is 38.9 Å². The summed E-state index contributed by atoms with van der Waals surface area (Å²) in [6, 6.07) is 3.68. The van der Waals surface area contributed by atoms with Crippen LogP contribution in [-0.2, 0) is 4.79 Å². The minimum Gasteiger partial charge on any atom is -0.481 e. The molecule has 114 valence electrons. The molecule has 0 bridgehead atoms. The van der Waals surface area contributed by atoms with Crippen LogP contribution in [0.1, 0.15) is 24.2 Å². The number of nitrogens with one attached hydrogen (secondary N) is 1. The van der Waals surface area contributed by atoms with Gasteiger partial charge in [0.25, 0.3) is 11.6 Å². The largest absolute Gasteiger partial charge is 0.481 e. The molecule has 0 heterocycles. The summed E-state index contributed by atoms with van der Waals surface area (Å²) in [7, 11) is 0. The van der Waals surface area contributed by atoms with E-state index in [2.05, 4.69) is 5.32 Å². The molecule has 0 spiro atoms. The second kappa shape index (κ2) is 7.03. The van der Waals surface area contributed by atoms with Gasteiger partial charge in [-0.15, -0.1) is 0 Å². The van der Waals surface area contributed by atoms with Crippen molar-refractivity contribution in [2.24, 2.45) is 11.8 Å². The summed E-state index contributed by atoms with van der Waals surface area (Å²) in [6.45, 7) is 3.33. The number of aliphatic carboxylic acids is 1. The average Bonchev–Trinajstić information content (AvgIpc) is 2.37. The van der Waals surface area contributed by atoms with Crippen LogP contribution in [0.3, 0.4) is 0 Å². The fraction of sp³-hybridized carbons (Fsp3) is 0.385. The Balaban J connectivity index is 2.90. The van der Waals surface area contributed by atoms with Crippen LogP contribution in [0.5, 0.6) is 0 Å². The molecular weight excluding hydrogens is 300 g/mol. The Hall–Kier alpha value is -2.15. The lowest BCUT2D eigenvalue weighted by Crippen LogP contribution is -2.35. The van der Waals surface area contributed by atoms with E-state index < -0.39 is 28.4 Å². The molecule has 2 N–H and O–H groups in total. The van der Waals surface area contributed by atoms with Crippen molar-refractivity contribution in [1.82, 2.24) is 5.32 Å². The summed E-state index contributed by atoms with van der Waals surface area (Å²) in [5.41, 5.74) is -0.575. The van der Waals surface area contributed by atoms with Crippen molar-refractivity contribution in [1.29, 1.82) is 0 Å². The van der Waals surface area contributed by atoms with Gasteiger partial charge in [0, 0.05) is 17.6 Å². The molecule has 1 aromatic carbocycles. The van der Waals surface area contributed by atoms with Crippen molar-refractivity contribution in [3.8, 4) is 0 Å². The number of rotatable bonds is 6. The molecule has 1 atom stereocenters. The van der Waals surface area contributed by atoms with E-state index in [9.17, 15) is 19.7 Å². The highest BCUT2D eigenvalue weighted by Gasteiger charge is 2.25. The first-order valence-corrected chi connectivity index (χ1v) is 6.56. The number of hydrogen-bond acceptors (Lipinski definition) is 4. The van der Waals surface area contributed by atoms with E-state index in [0.717, 1.165) is 6.07 Å². The number of amides is 1. The second-order valence-electron chi connectivity index (χ2n) is 4.82. The lowest BCUT2D eigenvalue weighted by Gasteiger charge is -2.16. The molecule has 0 fully saturated rings. The summed E-state index contributed by atoms with van der Waals surface area (Å²) in [6.07, 6.45) is 0. The number of carboxylic acids is 1. The van der Waals surface area contributed by atoms with Crippen LogP contribution < -0.4 is 5.32 Å². The molecule has 1 amide bonds. The Morgan fingerprint density at radius 1 is 1.43 bits per heavy atom. The summed E-state index contributed by atoms with van der Waals surface area (Å²) in [5.74, 6) is -2.68. The third-order valence-corrected chi connectivity index (χ3v) is 3.24. The van der Waals surface area contributed by atoms with E-state index in [4.69, 9.17) is 16.7 Å². The Labute approximate surface area is 126 Å². The fourth-order valence-electron chi connectivity index (χ4n) is 1.75. The highest BCUT2D eigenvalue weighted by molar-refractivity contribution is 6.31. The van der Waals surface area contributed by atoms with Crippen LogP contribution in [-0.4, -0.2) is 28.5 Å². The number of hydrogen-bond donors (Lipinski definition) is 2. The number of nitro groups is 1. The van der Waals surface area contributed by atoms with Crippen LogP contribution in [0.25, 0.3) is 0 Å². The maximum absolute atomic E-state index is 12.0. The number of nitro benzene ring substituents is 1. The van der Waals surface area contributed by atoms with Crippen LogP contribution in [0.15, 0.2) is 18.2 Å². The van der Waals surface area contributed by atoms with Crippen LogP contribution >= 0.6 is 11.6 Å². The molecule has 0 saturated heterocycles. The zero-order chi connectivity index (χ0) is 16.2. The molecule has 0 aliphatic carbocycles. The molecule has 21 heavy (non-hydrogen) atoms. The number of nitrogens with zero attached hydrogens (tertiary/aromatic N) is 1. The molecule has 1 unspecified atom stereocenters. The fourth-order valence-corrected chi connectivity index (χ4v) is 1.92. The first-order valence-electron chi connectivity index (χ1n) is 6.19. The van der Waals surface area contributed by atoms with E-state index in [1.807, 2.05) is 0 Å². The summed E-state index contributed by atoms with van der Waals surface area (Å²) >= 11 is 5.66. The van der Waals surface area contributed by atoms with Gasteiger partial charge in [0.1, 0.15) is 5.56 Å². The predicted octanol–water partition coefficient (Wildman–Crippen LogP) is 2.33. The van der Waals surface area contributed by atoms with Gasteiger partial charge in [0.15, 0.2) is 0 Å². The molecule has 0 aromatic heterocycles. The minimum absolute atomic E-state index is 0.106. The van der Waals surface area contributed by atoms with Crippen molar-refractivity contribution in [2.45, 2.75) is 13.8 Å². The van der Waals surface area contributed by atoms with Gasteiger partial charge in [0.2, 0.25) is 0 Å². The molecule has 0 aliphatic rings. The zero-order valence-electron chi connectivity index (χ0n) is 11.5. The van der Waals surface area contributed by atoms with Gasteiger partial charge in [-0.3, -0.25) is 19.7 Å². The van der Waals surface area contributed by atoms with Crippen LogP contribution in [0.2, 0.25) is 5.02 Å². The van der Waals surface area contributed by atoms with Crippen molar-refractivity contribution in [2.75, 3.05) is 6.54 Å². The van der Waals surface area contributed by atoms with Crippen molar-refractivity contribution in [3.63, 3.8) is 0 Å². The summed E-state index contributed by atoms with van der Waals surface area (Å²) in [5, 5.41) is 22.5. The first kappa shape index (κ1) is 16.9. The number of benzene rings is 1. The number of carboxylic acid groups (broad SMARTS) is 1. The van der Waals surface area contributed by atoms with Crippen molar-refractivity contribution < 1.29 is 19.6 Å². The SMILES string of the molecule is CC(C)C(CNC(=O)c1ccc(Cl)cc1[N+](=O)[O-])C(=O)O. The summed E-state index contributed by atoms with van der Waals surface area (Å²) in [4.78, 5) is 33.2. The van der Waals surface area contributed by atoms with Gasteiger partial charge in [-0.2, -0.15) is 0 Å². The predicted molar refractivity (Wildman–Crippen MR) is 76.4 cm³/mol. The molecule has 0 aliphatic heterocycles. The van der Waals surface area contributed by atoms with E-state index in [-0.39, 0.29) is 23.0 Å². The molecular formula is C13H15ClN2O5. The Kier molecular flexibility index (Phi) is 5.66. The number of carbonyl (C=O) groups excluding carboxylic acids is 1. The quantitative estimate of drug-likeness (QED) is 0.618. The standard InChI is InChI=1S/C13H15ClN2O5/c1-7(2)10(13(18)19)6-15-12(17)9-4-3-8(14)5-11(9)16(20)21/h3-5,7,10H,6H2,1-2H3,(H,15,17)(H,18,19). The van der Waals surface area contributed by atoms with Gasteiger partial charge in [-0.25, -0.2) is 0 Å². The lowest BCUT2D eigenvalue weighted by atomic mass is 9.96. The molecule has 7 nitrogen and oxygen atoms in total. The molecule has 0 saturated carbocycles. The van der Waals surface area contributed by atoms with Gasteiger partial charge >= 0.3 is 5.97 Å². The zero-order valence-corrected chi connectivity index (χ0v) is 12.3. The minimum atomic E-state index is -1.03. The molecule has 0 radical (unpaired) electrons. The van der Waals surface area contributed by atoms with Crippen LogP contribution in [0, 0.1) is 22.0 Å².